The second-order valence-electron chi connectivity index (χ2n) is 6.47. The fourth-order valence-corrected chi connectivity index (χ4v) is 3.23. The van der Waals surface area contributed by atoms with E-state index < -0.39 is 5.91 Å². The first-order chi connectivity index (χ1) is 13.4. The standard InChI is InChI=1S/C21H21ClN4O2/c1-3-19-18(12-24-26(19)17-6-4-5-16(22)11-17)21(28)25(2)13-14-7-9-15(10-8-14)20(23)27/h4-12H,3,13H2,1-2H3,(H2,23,27). The number of hydrogen-bond donors (Lipinski definition) is 1. The number of rotatable bonds is 6. The fraction of sp³-hybridized carbons (Fsp3) is 0.190. The van der Waals surface area contributed by atoms with Crippen molar-refractivity contribution in [2.45, 2.75) is 19.9 Å². The van der Waals surface area contributed by atoms with Crippen molar-refractivity contribution in [3.05, 3.63) is 82.1 Å². The predicted molar refractivity (Wildman–Crippen MR) is 109 cm³/mol. The topological polar surface area (TPSA) is 81.2 Å². The van der Waals surface area contributed by atoms with Crippen LogP contribution in [0.1, 0.15) is 38.9 Å². The molecule has 3 rings (SSSR count). The molecule has 0 aliphatic rings. The van der Waals surface area contributed by atoms with Gasteiger partial charge in [0.15, 0.2) is 0 Å². The van der Waals surface area contributed by atoms with E-state index in [2.05, 4.69) is 5.10 Å². The first-order valence-electron chi connectivity index (χ1n) is 8.87. The lowest BCUT2D eigenvalue weighted by atomic mass is 10.1. The first-order valence-corrected chi connectivity index (χ1v) is 9.25. The molecule has 0 saturated heterocycles. The molecule has 144 valence electrons. The van der Waals surface area contributed by atoms with Gasteiger partial charge in [-0.3, -0.25) is 9.59 Å². The fourth-order valence-electron chi connectivity index (χ4n) is 3.05. The molecule has 0 unspecified atom stereocenters. The van der Waals surface area contributed by atoms with Gasteiger partial charge >= 0.3 is 0 Å². The van der Waals surface area contributed by atoms with Gasteiger partial charge in [0, 0.05) is 24.2 Å². The number of halogens is 1. The maximum absolute atomic E-state index is 13.0. The normalized spacial score (nSPS) is 10.7. The highest BCUT2D eigenvalue weighted by atomic mass is 35.5. The molecule has 3 aromatic rings. The van der Waals surface area contributed by atoms with E-state index >= 15 is 0 Å². The van der Waals surface area contributed by atoms with Crippen molar-refractivity contribution in [1.82, 2.24) is 14.7 Å². The summed E-state index contributed by atoms with van der Waals surface area (Å²) in [5, 5.41) is 5.01. The molecule has 2 amide bonds. The molecule has 0 spiro atoms. The van der Waals surface area contributed by atoms with Gasteiger partial charge in [-0.2, -0.15) is 5.10 Å². The van der Waals surface area contributed by atoms with Gasteiger partial charge in [-0.1, -0.05) is 36.7 Å². The van der Waals surface area contributed by atoms with Crippen LogP contribution in [0, 0.1) is 0 Å². The van der Waals surface area contributed by atoms with Crippen LogP contribution in [0.4, 0.5) is 0 Å². The van der Waals surface area contributed by atoms with E-state index in [1.807, 2.05) is 25.1 Å². The number of amides is 2. The van der Waals surface area contributed by atoms with Crippen molar-refractivity contribution >= 4 is 23.4 Å². The monoisotopic (exact) mass is 396 g/mol. The third-order valence-electron chi connectivity index (χ3n) is 4.49. The van der Waals surface area contributed by atoms with E-state index in [9.17, 15) is 9.59 Å². The molecule has 0 atom stereocenters. The van der Waals surface area contributed by atoms with Crippen LogP contribution in [0.15, 0.2) is 54.7 Å². The van der Waals surface area contributed by atoms with Gasteiger partial charge in [0.05, 0.1) is 23.1 Å². The van der Waals surface area contributed by atoms with Crippen LogP contribution >= 0.6 is 11.6 Å². The van der Waals surface area contributed by atoms with Gasteiger partial charge in [0.25, 0.3) is 5.91 Å². The molecule has 0 fully saturated rings. The number of primary amides is 1. The zero-order chi connectivity index (χ0) is 20.3. The summed E-state index contributed by atoms with van der Waals surface area (Å²) in [6.07, 6.45) is 2.24. The van der Waals surface area contributed by atoms with Crippen molar-refractivity contribution in [3.63, 3.8) is 0 Å². The molecule has 0 radical (unpaired) electrons. The van der Waals surface area contributed by atoms with Crippen LogP contribution in [-0.2, 0) is 13.0 Å². The number of carbonyl (C=O) groups excluding carboxylic acids is 2. The molecule has 0 bridgehead atoms. The third-order valence-corrected chi connectivity index (χ3v) is 4.73. The highest BCUT2D eigenvalue weighted by molar-refractivity contribution is 6.30. The highest BCUT2D eigenvalue weighted by Gasteiger charge is 2.20. The Bertz CT molecular complexity index is 1010. The van der Waals surface area contributed by atoms with Crippen molar-refractivity contribution in [2.24, 2.45) is 5.73 Å². The molecular formula is C21H21ClN4O2. The molecule has 6 nitrogen and oxygen atoms in total. The second-order valence-corrected chi connectivity index (χ2v) is 6.91. The molecule has 1 heterocycles. The molecule has 0 aliphatic heterocycles. The largest absolute Gasteiger partial charge is 0.366 e. The summed E-state index contributed by atoms with van der Waals surface area (Å²) in [7, 11) is 1.74. The van der Waals surface area contributed by atoms with E-state index in [1.165, 1.54) is 0 Å². The van der Waals surface area contributed by atoms with Gasteiger partial charge in [0.2, 0.25) is 5.91 Å². The van der Waals surface area contributed by atoms with Gasteiger partial charge < -0.3 is 10.6 Å². The zero-order valence-electron chi connectivity index (χ0n) is 15.7. The Balaban J connectivity index is 1.82. The maximum Gasteiger partial charge on any atom is 0.257 e. The van der Waals surface area contributed by atoms with Crippen LogP contribution in [-0.4, -0.2) is 33.5 Å². The van der Waals surface area contributed by atoms with Crippen LogP contribution in [0.2, 0.25) is 5.02 Å². The lowest BCUT2D eigenvalue weighted by Crippen LogP contribution is -2.27. The molecule has 2 aromatic carbocycles. The van der Waals surface area contributed by atoms with Gasteiger partial charge in [-0.25, -0.2) is 4.68 Å². The highest BCUT2D eigenvalue weighted by Crippen LogP contribution is 2.20. The Labute approximate surface area is 168 Å². The average Bonchev–Trinajstić information content (AvgIpc) is 3.11. The lowest BCUT2D eigenvalue weighted by molar-refractivity contribution is 0.0783. The van der Waals surface area contributed by atoms with Crippen LogP contribution < -0.4 is 5.73 Å². The van der Waals surface area contributed by atoms with Crippen molar-refractivity contribution in [2.75, 3.05) is 7.05 Å². The number of nitrogens with zero attached hydrogens (tertiary/aromatic N) is 3. The van der Waals surface area contributed by atoms with Crippen LogP contribution in [0.25, 0.3) is 5.69 Å². The summed E-state index contributed by atoms with van der Waals surface area (Å²) in [6, 6.07) is 14.3. The Morgan fingerprint density at radius 2 is 1.89 bits per heavy atom. The molecule has 1 aromatic heterocycles. The summed E-state index contributed by atoms with van der Waals surface area (Å²) >= 11 is 6.09. The quantitative estimate of drug-likeness (QED) is 0.692. The maximum atomic E-state index is 13.0. The van der Waals surface area contributed by atoms with E-state index in [0.717, 1.165) is 16.9 Å². The van der Waals surface area contributed by atoms with E-state index in [1.54, 1.807) is 53.2 Å². The van der Waals surface area contributed by atoms with Crippen molar-refractivity contribution in [1.29, 1.82) is 0 Å². The number of carbonyl (C=O) groups is 2. The van der Waals surface area contributed by atoms with Gasteiger partial charge in [-0.05, 0) is 42.3 Å². The van der Waals surface area contributed by atoms with E-state index in [-0.39, 0.29) is 5.91 Å². The molecule has 0 aliphatic carbocycles. The summed E-state index contributed by atoms with van der Waals surface area (Å²) < 4.78 is 1.74. The van der Waals surface area contributed by atoms with Crippen molar-refractivity contribution < 1.29 is 9.59 Å². The summed E-state index contributed by atoms with van der Waals surface area (Å²) in [4.78, 5) is 25.8. The minimum absolute atomic E-state index is 0.121. The summed E-state index contributed by atoms with van der Waals surface area (Å²) in [5.41, 5.74) is 8.79. The van der Waals surface area contributed by atoms with Gasteiger partial charge in [-0.15, -0.1) is 0 Å². The smallest absolute Gasteiger partial charge is 0.257 e. The van der Waals surface area contributed by atoms with Crippen LogP contribution in [0.3, 0.4) is 0 Å². The second kappa shape index (κ2) is 8.27. The third kappa shape index (κ3) is 4.07. The number of aromatic nitrogens is 2. The Morgan fingerprint density at radius 3 is 2.50 bits per heavy atom. The number of hydrogen-bond acceptors (Lipinski definition) is 3. The Hall–Kier alpha value is -3.12. The SMILES string of the molecule is CCc1c(C(=O)N(C)Cc2ccc(C(N)=O)cc2)cnn1-c1cccc(Cl)c1. The zero-order valence-corrected chi connectivity index (χ0v) is 16.5. The first kappa shape index (κ1) is 19.6. The Kier molecular flexibility index (Phi) is 5.80. The average molecular weight is 397 g/mol. The molecule has 0 saturated carbocycles. The predicted octanol–water partition coefficient (Wildman–Crippen LogP) is 3.46. The van der Waals surface area contributed by atoms with Gasteiger partial charge in [0.1, 0.15) is 0 Å². The number of benzene rings is 2. The van der Waals surface area contributed by atoms with Crippen LogP contribution in [0.5, 0.6) is 0 Å². The minimum Gasteiger partial charge on any atom is -0.366 e. The minimum atomic E-state index is -0.475. The number of nitrogens with two attached hydrogens (primary N) is 1. The lowest BCUT2D eigenvalue weighted by Gasteiger charge is -2.18. The molecule has 7 heteroatoms. The molecule has 2 N–H and O–H groups in total. The van der Waals surface area contributed by atoms with E-state index in [4.69, 9.17) is 17.3 Å². The summed E-state index contributed by atoms with van der Waals surface area (Å²) in [5.74, 6) is -0.596. The van der Waals surface area contributed by atoms with Crippen molar-refractivity contribution in [3.8, 4) is 5.69 Å². The summed E-state index contributed by atoms with van der Waals surface area (Å²) in [6.45, 7) is 2.39. The molecular weight excluding hydrogens is 376 g/mol. The molecule has 28 heavy (non-hydrogen) atoms. The van der Waals surface area contributed by atoms with E-state index in [0.29, 0.717) is 29.1 Å². The Morgan fingerprint density at radius 1 is 1.18 bits per heavy atom.